The van der Waals surface area contributed by atoms with Gasteiger partial charge in [0.2, 0.25) is 29.5 Å². The highest BCUT2D eigenvalue weighted by molar-refractivity contribution is 5.78. The minimum atomic E-state index is 0.0500. The van der Waals surface area contributed by atoms with E-state index < -0.39 is 0 Å². The molecule has 0 atom stereocenters. The van der Waals surface area contributed by atoms with Crippen LogP contribution in [0.25, 0.3) is 0 Å². The van der Waals surface area contributed by atoms with E-state index in [1.54, 1.807) is 47.0 Å². The fourth-order valence-corrected chi connectivity index (χ4v) is 16.6. The number of carbonyl (C=O) groups is 5. The molecule has 6 aliphatic rings. The van der Waals surface area contributed by atoms with Crippen molar-refractivity contribution in [3.05, 3.63) is 271 Å². The first-order valence-electron chi connectivity index (χ1n) is 43.3. The Bertz CT molecular complexity index is 5620. The van der Waals surface area contributed by atoms with Crippen LogP contribution in [0.2, 0.25) is 0 Å². The maximum Gasteiger partial charge on any atom is 0.219 e. The van der Waals surface area contributed by atoms with Crippen LogP contribution >= 0.6 is 0 Å². The Morgan fingerprint density at radius 3 is 0.968 bits per heavy atom. The second-order valence-corrected chi connectivity index (χ2v) is 33.6. The van der Waals surface area contributed by atoms with Crippen LogP contribution in [0.1, 0.15) is 163 Å². The molecule has 6 aromatic heterocycles. The smallest absolute Gasteiger partial charge is 0.219 e. The number of aliphatic hydroxyl groups excluding tert-OH is 1. The molecule has 6 N–H and O–H groups in total. The normalized spacial score (nSPS) is 14.2. The SMILES string of the molecule is CC(=O)N1CCc2c(c(Nc3cccc(C)c3)nn2C(C)C)C1.CC(=O)N1CCc2c(c(Nc3cccc(C)c3)nn2CC2CC2)C1.CC(=O)N1CCc2c(c(Nc3cccc(C)c3)nn2CCO)C1.CC(=O)N1CCc2c(c(Nc3cccc(C)c3)nn2Cc2ccccc2)C1.CC(=O)N1CCc2c(c(Nc3cccc(C)c3)nn2Cc2ccncc2)C1. The zero-order valence-electron chi connectivity index (χ0n) is 73.6. The summed E-state index contributed by atoms with van der Waals surface area (Å²) in [7, 11) is 0. The summed E-state index contributed by atoms with van der Waals surface area (Å²) in [5.41, 5.74) is 25.1. The van der Waals surface area contributed by atoms with E-state index in [0.717, 1.165) is 168 Å². The van der Waals surface area contributed by atoms with E-state index in [1.165, 1.54) is 74.6 Å². The van der Waals surface area contributed by atoms with Gasteiger partial charge in [-0.25, -0.2) is 0 Å². The molecule has 1 saturated carbocycles. The summed E-state index contributed by atoms with van der Waals surface area (Å²) in [6.45, 7) is 32.5. The fourth-order valence-electron chi connectivity index (χ4n) is 16.6. The molecule has 646 valence electrons. The molecule has 0 bridgehead atoms. The van der Waals surface area contributed by atoms with Gasteiger partial charge in [0.15, 0.2) is 29.1 Å². The molecule has 6 aromatic carbocycles. The Kier molecular flexibility index (Phi) is 28.0. The lowest BCUT2D eigenvalue weighted by atomic mass is 10.1. The number of nitrogens with one attached hydrogen (secondary N) is 5. The van der Waals surface area contributed by atoms with Crippen molar-refractivity contribution in [1.29, 1.82) is 0 Å². The highest BCUT2D eigenvalue weighted by Crippen LogP contribution is 2.38. The standard InChI is InChI=1S/C22H24N4O.C21H23N5O.C19H24N4O.C18H24N4O.C17H22N4O2/c1-16-7-6-10-19(13-16)23-22-20-15-25(17(2)27)12-11-21(20)26(24-22)14-18-8-4-3-5-9-18;1-15-4-3-5-18(12-15)23-21-19-14-25(16(2)27)11-8-20(19)26(24-21)13-17-6-9-22-10-7-17;1-13-4-3-5-16(10-13)20-19-17-12-22(14(2)24)9-8-18(17)23(21-19)11-15-6-7-15;1-12(2)22-17-8-9-21(14(4)23)11-16(17)18(20-22)19-15-7-5-6-13(3)10-15;1-12-4-3-5-14(10-12)18-17-15-11-20(13(2)23)7-6-16(15)21(19-17)8-9-22/h3-10,13H,11-12,14-15H2,1-2H3,(H,23,24);3-7,9-10,12H,8,11,13-14H2,1-2H3,(H,23,24);3-5,10,15H,6-9,11-12H2,1-2H3,(H,20,21);5-7,10,12H,8-9,11H2,1-4H3,(H,19,20);3-5,10,22H,6-9,11H2,1-2H3,(H,18,19). The van der Waals surface area contributed by atoms with Crippen LogP contribution in [0.15, 0.2) is 176 Å². The third kappa shape index (κ3) is 22.0. The van der Waals surface area contributed by atoms with Crippen molar-refractivity contribution in [3.63, 3.8) is 0 Å². The number of amides is 5. The molecule has 0 unspecified atom stereocenters. The van der Waals surface area contributed by atoms with Gasteiger partial charge in [-0.2, -0.15) is 25.5 Å². The lowest BCUT2D eigenvalue weighted by Crippen LogP contribution is -2.34. The summed E-state index contributed by atoms with van der Waals surface area (Å²) in [5.74, 6) is 5.54. The number of pyridine rings is 1. The van der Waals surface area contributed by atoms with Gasteiger partial charge in [0.25, 0.3) is 0 Å². The van der Waals surface area contributed by atoms with Gasteiger partial charge in [0.05, 0.1) is 59.0 Å². The topological polar surface area (TPSA) is 284 Å². The van der Waals surface area contributed by atoms with Gasteiger partial charge in [-0.3, -0.25) is 52.4 Å². The number of aromatic nitrogens is 11. The molecule has 124 heavy (non-hydrogen) atoms. The number of aryl methyl sites for hydroxylation is 5. The number of hydrogen-bond acceptors (Lipinski definition) is 17. The number of aliphatic hydroxyl groups is 1. The van der Waals surface area contributed by atoms with Gasteiger partial charge < -0.3 is 56.2 Å². The second-order valence-electron chi connectivity index (χ2n) is 33.6. The molecular formula is C97H117N21O6. The van der Waals surface area contributed by atoms with Crippen molar-refractivity contribution in [2.24, 2.45) is 5.92 Å². The number of anilines is 10. The zero-order valence-corrected chi connectivity index (χ0v) is 73.6. The van der Waals surface area contributed by atoms with Gasteiger partial charge in [0, 0.05) is 209 Å². The lowest BCUT2D eigenvalue weighted by Gasteiger charge is -2.27. The number of nitrogens with zero attached hydrogens (tertiary/aromatic N) is 16. The van der Waals surface area contributed by atoms with Crippen molar-refractivity contribution >= 4 is 87.1 Å². The minimum Gasteiger partial charge on any atom is -0.394 e. The molecule has 27 nitrogen and oxygen atoms in total. The zero-order chi connectivity index (χ0) is 87.2. The van der Waals surface area contributed by atoms with Gasteiger partial charge in [-0.15, -0.1) is 0 Å². The number of benzene rings is 6. The monoisotopic (exact) mass is 1670 g/mol. The summed E-state index contributed by atoms with van der Waals surface area (Å²) in [6.07, 6.45) is 10.4. The summed E-state index contributed by atoms with van der Waals surface area (Å²) in [4.78, 5) is 72.5. The quantitative estimate of drug-likeness (QED) is 0.0439. The average Bonchev–Trinajstić information content (AvgIpc) is 1.29. The number of rotatable bonds is 19. The summed E-state index contributed by atoms with van der Waals surface area (Å²) < 4.78 is 10.3. The molecule has 11 heterocycles. The van der Waals surface area contributed by atoms with Crippen molar-refractivity contribution in [3.8, 4) is 0 Å². The summed E-state index contributed by atoms with van der Waals surface area (Å²) >= 11 is 0. The van der Waals surface area contributed by atoms with Gasteiger partial charge in [0.1, 0.15) is 0 Å². The van der Waals surface area contributed by atoms with Crippen LogP contribution in [0.4, 0.5) is 57.5 Å². The predicted octanol–water partition coefficient (Wildman–Crippen LogP) is 15.7. The maximum atomic E-state index is 11.9. The van der Waals surface area contributed by atoms with E-state index in [2.05, 4.69) is 182 Å². The Labute approximate surface area is 726 Å². The Balaban J connectivity index is 0.000000126. The molecule has 12 aromatic rings. The third-order valence-electron chi connectivity index (χ3n) is 23.4. The first-order valence-corrected chi connectivity index (χ1v) is 43.3. The maximum absolute atomic E-state index is 11.9. The molecule has 5 amide bonds. The Morgan fingerprint density at radius 1 is 0.363 bits per heavy atom. The summed E-state index contributed by atoms with van der Waals surface area (Å²) in [5, 5.41) is 50.4. The van der Waals surface area contributed by atoms with Crippen molar-refractivity contribution in [2.75, 3.05) is 65.9 Å². The first kappa shape index (κ1) is 87.2. The molecule has 0 saturated heterocycles. The van der Waals surface area contributed by atoms with Gasteiger partial charge >= 0.3 is 0 Å². The molecule has 1 fully saturated rings. The molecule has 18 rings (SSSR count). The van der Waals surface area contributed by atoms with E-state index >= 15 is 0 Å². The molecule has 0 spiro atoms. The van der Waals surface area contributed by atoms with E-state index in [9.17, 15) is 29.1 Å². The molecule has 1 aliphatic carbocycles. The number of carbonyl (C=O) groups excluding carboxylic acids is 5. The average molecular weight is 1670 g/mol. The van der Waals surface area contributed by atoms with Crippen molar-refractivity contribution in [2.45, 2.75) is 193 Å². The third-order valence-corrected chi connectivity index (χ3v) is 23.4. The lowest BCUT2D eigenvalue weighted by molar-refractivity contribution is -0.130. The molecular weight excluding hydrogens is 1560 g/mol. The van der Waals surface area contributed by atoms with Crippen LogP contribution in [-0.4, -0.2) is 152 Å². The molecule has 0 radical (unpaired) electrons. The highest BCUT2D eigenvalue weighted by Gasteiger charge is 2.34. The van der Waals surface area contributed by atoms with Crippen LogP contribution in [0.3, 0.4) is 0 Å². The van der Waals surface area contributed by atoms with Crippen molar-refractivity contribution in [1.82, 2.24) is 78.4 Å². The Morgan fingerprint density at radius 2 is 0.653 bits per heavy atom. The first-order chi connectivity index (χ1) is 59.8. The van der Waals surface area contributed by atoms with Crippen molar-refractivity contribution < 1.29 is 29.1 Å². The molecule has 5 aliphatic heterocycles. The minimum absolute atomic E-state index is 0.0500. The number of fused-ring (bicyclic) bond motifs is 5. The van der Waals surface area contributed by atoms with Gasteiger partial charge in [-0.05, 0) is 179 Å². The molecule has 27 heteroatoms. The second kappa shape index (κ2) is 39.8. The van der Waals surface area contributed by atoms with E-state index in [1.807, 2.05) is 115 Å². The van der Waals surface area contributed by atoms with E-state index in [4.69, 9.17) is 20.4 Å². The largest absolute Gasteiger partial charge is 0.394 e. The van der Waals surface area contributed by atoms with Gasteiger partial charge in [-0.1, -0.05) is 91.0 Å². The fraction of sp³-hybridized carbons (Fsp3) is 0.371. The highest BCUT2D eigenvalue weighted by atomic mass is 16.3. The predicted molar refractivity (Wildman–Crippen MR) is 486 cm³/mol. The summed E-state index contributed by atoms with van der Waals surface area (Å²) in [6, 6.07) is 55.8. The van der Waals surface area contributed by atoms with E-state index in [0.29, 0.717) is 58.4 Å². The van der Waals surface area contributed by atoms with Crippen LogP contribution in [0, 0.1) is 40.5 Å². The van der Waals surface area contributed by atoms with Crippen LogP contribution in [0.5, 0.6) is 0 Å². The number of hydrogen-bond donors (Lipinski definition) is 6. The van der Waals surface area contributed by atoms with Crippen LogP contribution < -0.4 is 26.6 Å². The van der Waals surface area contributed by atoms with E-state index in [-0.39, 0.29) is 36.1 Å². The Hall–Kier alpha value is -13.2. The van der Waals surface area contributed by atoms with Crippen LogP contribution in [-0.2, 0) is 115 Å².